The summed E-state index contributed by atoms with van der Waals surface area (Å²) in [7, 11) is 1.60. The highest BCUT2D eigenvalue weighted by Gasteiger charge is 2.22. The molecule has 0 aliphatic carbocycles. The molecule has 1 aromatic carbocycles. The molecule has 0 aromatic heterocycles. The zero-order chi connectivity index (χ0) is 13.2. The molecule has 17 heavy (non-hydrogen) atoms. The van der Waals surface area contributed by atoms with Crippen LogP contribution in [0.4, 0.5) is 0 Å². The van der Waals surface area contributed by atoms with Crippen molar-refractivity contribution < 1.29 is 14.6 Å². The Balaban J connectivity index is 3.15. The van der Waals surface area contributed by atoms with Crippen molar-refractivity contribution in [2.75, 3.05) is 7.11 Å². The molecule has 1 N–H and O–H groups in total. The number of methoxy groups -OCH3 is 1. The van der Waals surface area contributed by atoms with Crippen molar-refractivity contribution in [1.29, 1.82) is 0 Å². The molecule has 0 fully saturated rings. The van der Waals surface area contributed by atoms with Gasteiger partial charge in [0.25, 0.3) is 0 Å². The predicted octanol–water partition coefficient (Wildman–Crippen LogP) is 2.51. The number of rotatable bonds is 4. The Morgan fingerprint density at radius 1 is 1.24 bits per heavy atom. The molecule has 0 spiro atoms. The lowest BCUT2D eigenvalue weighted by Gasteiger charge is -2.16. The topological polar surface area (TPSA) is 46.5 Å². The molecule has 0 radical (unpaired) electrons. The Hall–Kier alpha value is -1.35. The molecule has 0 aliphatic heterocycles. The first-order valence-electron chi connectivity index (χ1n) is 5.76. The largest absolute Gasteiger partial charge is 0.496 e. The van der Waals surface area contributed by atoms with Crippen LogP contribution in [-0.4, -0.2) is 24.1 Å². The molecule has 0 bridgehead atoms. The lowest BCUT2D eigenvalue weighted by Crippen LogP contribution is -2.26. The second-order valence-electron chi connectivity index (χ2n) is 4.69. The Morgan fingerprint density at radius 3 is 2.29 bits per heavy atom. The van der Waals surface area contributed by atoms with E-state index >= 15 is 0 Å². The minimum Gasteiger partial charge on any atom is -0.496 e. The number of benzene rings is 1. The van der Waals surface area contributed by atoms with Gasteiger partial charge in [0.1, 0.15) is 11.9 Å². The van der Waals surface area contributed by atoms with Crippen molar-refractivity contribution >= 4 is 5.78 Å². The van der Waals surface area contributed by atoms with Crippen molar-refractivity contribution in [3.63, 3.8) is 0 Å². The van der Waals surface area contributed by atoms with Crippen LogP contribution in [0.25, 0.3) is 0 Å². The number of aliphatic hydroxyl groups excluding tert-OH is 1. The molecule has 94 valence electrons. The number of carbonyl (C=O) groups is 1. The third-order valence-electron chi connectivity index (χ3n) is 2.91. The fourth-order valence-electron chi connectivity index (χ4n) is 1.74. The zero-order valence-electron chi connectivity index (χ0n) is 11.1. The lowest BCUT2D eigenvalue weighted by molar-refractivity contribution is 0.0647. The summed E-state index contributed by atoms with van der Waals surface area (Å²) in [6.07, 6.45) is -0.943. The molecular formula is C14H20O3. The van der Waals surface area contributed by atoms with E-state index in [9.17, 15) is 9.90 Å². The van der Waals surface area contributed by atoms with Crippen LogP contribution >= 0.6 is 0 Å². The highest BCUT2D eigenvalue weighted by Crippen LogP contribution is 2.24. The SMILES string of the molecule is COc1cc(C)c(C(=O)C(O)C(C)C)cc1C. The van der Waals surface area contributed by atoms with Crippen LogP contribution in [0.1, 0.15) is 35.3 Å². The smallest absolute Gasteiger partial charge is 0.191 e. The highest BCUT2D eigenvalue weighted by molar-refractivity contribution is 6.01. The standard InChI is InChI=1S/C14H20O3/c1-8(2)13(15)14(16)11-6-10(4)12(17-5)7-9(11)3/h6-8,13,15H,1-5H3. The second-order valence-corrected chi connectivity index (χ2v) is 4.69. The van der Waals surface area contributed by atoms with E-state index < -0.39 is 6.10 Å². The van der Waals surface area contributed by atoms with Crippen LogP contribution in [0.15, 0.2) is 12.1 Å². The lowest BCUT2D eigenvalue weighted by atomic mass is 9.93. The second kappa shape index (κ2) is 5.32. The molecule has 1 atom stereocenters. The summed E-state index contributed by atoms with van der Waals surface area (Å²) in [5.41, 5.74) is 2.30. The van der Waals surface area contributed by atoms with E-state index in [-0.39, 0.29) is 11.7 Å². The van der Waals surface area contributed by atoms with Gasteiger partial charge in [-0.05, 0) is 43.0 Å². The molecule has 1 aromatic rings. The number of aryl methyl sites for hydroxylation is 2. The van der Waals surface area contributed by atoms with Crippen molar-refractivity contribution in [1.82, 2.24) is 0 Å². The molecule has 1 unspecified atom stereocenters. The van der Waals surface area contributed by atoms with E-state index in [2.05, 4.69) is 0 Å². The van der Waals surface area contributed by atoms with E-state index in [1.54, 1.807) is 13.2 Å². The van der Waals surface area contributed by atoms with Gasteiger partial charge in [-0.3, -0.25) is 4.79 Å². The minimum absolute atomic E-state index is 0.0793. The summed E-state index contributed by atoms with van der Waals surface area (Å²) in [5.74, 6) is 0.464. The summed E-state index contributed by atoms with van der Waals surface area (Å²) in [6, 6.07) is 3.61. The van der Waals surface area contributed by atoms with Crippen LogP contribution in [0.5, 0.6) is 5.75 Å². The molecule has 3 nitrogen and oxygen atoms in total. The van der Waals surface area contributed by atoms with Gasteiger partial charge >= 0.3 is 0 Å². The maximum atomic E-state index is 12.1. The fraction of sp³-hybridized carbons (Fsp3) is 0.500. The average Bonchev–Trinajstić information content (AvgIpc) is 2.29. The van der Waals surface area contributed by atoms with Crippen LogP contribution in [0, 0.1) is 19.8 Å². The Bertz CT molecular complexity index is 422. The summed E-state index contributed by atoms with van der Waals surface area (Å²) in [6.45, 7) is 7.39. The summed E-state index contributed by atoms with van der Waals surface area (Å²) in [5, 5.41) is 9.81. The average molecular weight is 236 g/mol. The van der Waals surface area contributed by atoms with Gasteiger partial charge in [0.2, 0.25) is 0 Å². The molecule has 0 amide bonds. The minimum atomic E-state index is -0.943. The van der Waals surface area contributed by atoms with Gasteiger partial charge < -0.3 is 9.84 Å². The first-order chi connectivity index (χ1) is 7.88. The van der Waals surface area contributed by atoms with E-state index in [0.29, 0.717) is 5.56 Å². The maximum absolute atomic E-state index is 12.1. The van der Waals surface area contributed by atoms with Gasteiger partial charge in [-0.1, -0.05) is 13.8 Å². The Labute approximate surface area is 102 Å². The summed E-state index contributed by atoms with van der Waals surface area (Å²) in [4.78, 5) is 12.1. The van der Waals surface area contributed by atoms with Crippen LogP contribution < -0.4 is 4.74 Å². The molecule has 0 saturated carbocycles. The molecule has 0 aliphatic rings. The number of aliphatic hydroxyl groups is 1. The maximum Gasteiger partial charge on any atom is 0.191 e. The molecule has 1 rings (SSSR count). The quantitative estimate of drug-likeness (QED) is 0.817. The molecule has 0 saturated heterocycles. The van der Waals surface area contributed by atoms with Crippen LogP contribution in [0.2, 0.25) is 0 Å². The fourth-order valence-corrected chi connectivity index (χ4v) is 1.74. The van der Waals surface area contributed by atoms with Crippen LogP contribution in [0.3, 0.4) is 0 Å². The summed E-state index contributed by atoms with van der Waals surface area (Å²) < 4.78 is 5.19. The number of Topliss-reactive ketones (excluding diaryl/α,β-unsaturated/α-hetero) is 1. The first kappa shape index (κ1) is 13.7. The molecule has 0 heterocycles. The third-order valence-corrected chi connectivity index (χ3v) is 2.91. The van der Waals surface area contributed by atoms with Gasteiger partial charge in [-0.25, -0.2) is 0 Å². The first-order valence-corrected chi connectivity index (χ1v) is 5.76. The predicted molar refractivity (Wildman–Crippen MR) is 67.6 cm³/mol. The van der Waals surface area contributed by atoms with E-state index in [1.807, 2.05) is 33.8 Å². The van der Waals surface area contributed by atoms with Gasteiger partial charge in [-0.2, -0.15) is 0 Å². The molecule has 3 heteroatoms. The van der Waals surface area contributed by atoms with Crippen molar-refractivity contribution in [2.45, 2.75) is 33.8 Å². The van der Waals surface area contributed by atoms with Crippen molar-refractivity contribution in [2.24, 2.45) is 5.92 Å². The number of hydrogen-bond acceptors (Lipinski definition) is 3. The van der Waals surface area contributed by atoms with E-state index in [0.717, 1.165) is 16.9 Å². The monoisotopic (exact) mass is 236 g/mol. The highest BCUT2D eigenvalue weighted by atomic mass is 16.5. The normalized spacial score (nSPS) is 12.6. The van der Waals surface area contributed by atoms with Gasteiger partial charge in [0, 0.05) is 5.56 Å². The van der Waals surface area contributed by atoms with Gasteiger partial charge in [0.15, 0.2) is 5.78 Å². The van der Waals surface area contributed by atoms with Crippen molar-refractivity contribution in [3.05, 3.63) is 28.8 Å². The Morgan fingerprint density at radius 2 is 1.82 bits per heavy atom. The number of ether oxygens (including phenoxy) is 1. The van der Waals surface area contributed by atoms with E-state index in [4.69, 9.17) is 4.74 Å². The van der Waals surface area contributed by atoms with Gasteiger partial charge in [0.05, 0.1) is 7.11 Å². The third kappa shape index (κ3) is 2.86. The van der Waals surface area contributed by atoms with Gasteiger partial charge in [-0.15, -0.1) is 0 Å². The number of ketones is 1. The molecular weight excluding hydrogens is 216 g/mol. The van der Waals surface area contributed by atoms with E-state index in [1.165, 1.54) is 0 Å². The van der Waals surface area contributed by atoms with Crippen LogP contribution in [-0.2, 0) is 0 Å². The summed E-state index contributed by atoms with van der Waals surface area (Å²) >= 11 is 0. The zero-order valence-corrected chi connectivity index (χ0v) is 11.1. The number of hydrogen-bond donors (Lipinski definition) is 1. The Kier molecular flexibility index (Phi) is 4.29. The number of carbonyl (C=O) groups excluding carboxylic acids is 1. The van der Waals surface area contributed by atoms with Crippen molar-refractivity contribution in [3.8, 4) is 5.75 Å².